The molecule has 552 valence electrons. The van der Waals surface area contributed by atoms with Gasteiger partial charge in [-0.3, -0.25) is 0 Å². The standard InChI is InChI=1S/2C44H76O3S.Ba/c2*1-3-5-7-9-11-13-15-17-19-21-23-25-27-29-31-33-40-35-36-41-37-38-42(48(45,46)47)39-44(41)43(40)34-32-30-28-26-24-22-20-18-16-14-12-10-8-6-4-2;/h2*35-39H,3-34H2,1-2H3,(H,45,46,47);/q;;+2/p-2. The van der Waals surface area contributed by atoms with E-state index >= 15 is 0 Å². The largest absolute Gasteiger partial charge is 2.00 e. The Morgan fingerprint density at radius 2 is 0.392 bits per heavy atom. The van der Waals surface area contributed by atoms with E-state index in [0.717, 1.165) is 60.1 Å². The van der Waals surface area contributed by atoms with E-state index in [0.29, 0.717) is 0 Å². The predicted octanol–water partition coefficient (Wildman–Crippen LogP) is 28.8. The molecular formula is C88H150BaO6S2. The molecule has 0 atom stereocenters. The van der Waals surface area contributed by atoms with E-state index in [1.807, 2.05) is 12.1 Å². The first-order valence-electron chi connectivity index (χ1n) is 41.9. The molecule has 0 radical (unpaired) electrons. The van der Waals surface area contributed by atoms with Crippen molar-refractivity contribution in [2.45, 2.75) is 448 Å². The summed E-state index contributed by atoms with van der Waals surface area (Å²) < 4.78 is 71.1. The van der Waals surface area contributed by atoms with Crippen molar-refractivity contribution < 1.29 is 25.9 Å². The molecule has 0 aliphatic carbocycles. The fourth-order valence-electron chi connectivity index (χ4n) is 14.9. The topological polar surface area (TPSA) is 114 Å². The van der Waals surface area contributed by atoms with Gasteiger partial charge in [-0.25, -0.2) is 16.8 Å². The first kappa shape index (κ1) is 91.9. The molecule has 0 aliphatic rings. The Balaban J connectivity index is 0.000000653. The molecule has 4 rings (SSSR count). The molecule has 0 amide bonds. The fourth-order valence-corrected chi connectivity index (χ4v) is 15.9. The molecule has 0 unspecified atom stereocenters. The SMILES string of the molecule is CCCCCCCCCCCCCCCCCc1ccc2ccc(S(=O)(=O)[O-])cc2c1CCCCCCCCCCCCCCCCC.CCCCCCCCCCCCCCCCCc1ccc2ccc(S(=O)(=O)[O-])cc2c1CCCCCCCCCCCCCCCCC.[Ba+2]. The number of hydrogen-bond donors (Lipinski definition) is 0. The molecule has 0 N–H and O–H groups in total. The van der Waals surface area contributed by atoms with Gasteiger partial charge in [0.2, 0.25) is 0 Å². The van der Waals surface area contributed by atoms with E-state index in [-0.39, 0.29) is 58.7 Å². The number of benzene rings is 4. The molecule has 97 heavy (non-hydrogen) atoms. The number of hydrogen-bond acceptors (Lipinski definition) is 6. The Morgan fingerprint density at radius 1 is 0.227 bits per heavy atom. The van der Waals surface area contributed by atoms with E-state index in [9.17, 15) is 25.9 Å². The normalized spacial score (nSPS) is 11.9. The molecule has 0 fully saturated rings. The molecular weight excluding hydrogens is 1350 g/mol. The molecule has 4 aromatic rings. The molecule has 0 saturated heterocycles. The van der Waals surface area contributed by atoms with Gasteiger partial charge in [0.1, 0.15) is 20.2 Å². The first-order chi connectivity index (χ1) is 46.9. The average molecular weight is 1510 g/mol. The van der Waals surface area contributed by atoms with Gasteiger partial charge in [-0.15, -0.1) is 0 Å². The Labute approximate surface area is 642 Å². The van der Waals surface area contributed by atoms with Crippen LogP contribution in [-0.2, 0) is 45.9 Å². The van der Waals surface area contributed by atoms with Gasteiger partial charge in [-0.1, -0.05) is 424 Å². The Morgan fingerprint density at radius 3 is 0.577 bits per heavy atom. The molecule has 0 spiro atoms. The van der Waals surface area contributed by atoms with Crippen LogP contribution in [0.25, 0.3) is 21.5 Å². The van der Waals surface area contributed by atoms with Gasteiger partial charge in [0.05, 0.1) is 9.79 Å². The third-order valence-corrected chi connectivity index (χ3v) is 22.8. The Kier molecular flexibility index (Phi) is 59.9. The first-order valence-corrected chi connectivity index (χ1v) is 44.8. The summed E-state index contributed by atoms with van der Waals surface area (Å²) in [6, 6.07) is 18.6. The summed E-state index contributed by atoms with van der Waals surface area (Å²) in [6.45, 7) is 9.14. The number of rotatable bonds is 66. The zero-order valence-electron chi connectivity index (χ0n) is 64.0. The van der Waals surface area contributed by atoms with Gasteiger partial charge >= 0.3 is 48.9 Å². The van der Waals surface area contributed by atoms with Crippen molar-refractivity contribution >= 4 is 90.7 Å². The minimum atomic E-state index is -4.47. The third kappa shape index (κ3) is 47.7. The Hall–Kier alpha value is -1.21. The molecule has 4 aromatic carbocycles. The van der Waals surface area contributed by atoms with Crippen LogP contribution in [0.15, 0.2) is 70.5 Å². The zero-order valence-corrected chi connectivity index (χ0v) is 70.1. The van der Waals surface area contributed by atoms with Gasteiger partial charge in [-0.05, 0) is 119 Å². The minimum Gasteiger partial charge on any atom is -0.744 e. The second-order valence-electron chi connectivity index (χ2n) is 29.9. The molecule has 0 aromatic heterocycles. The molecule has 9 heteroatoms. The van der Waals surface area contributed by atoms with E-state index in [1.165, 1.54) is 407 Å². The monoisotopic (exact) mass is 1500 g/mol. The van der Waals surface area contributed by atoms with Gasteiger partial charge in [0, 0.05) is 0 Å². The van der Waals surface area contributed by atoms with Crippen LogP contribution < -0.4 is 0 Å². The van der Waals surface area contributed by atoms with Gasteiger partial charge in [0.25, 0.3) is 0 Å². The van der Waals surface area contributed by atoms with Crippen molar-refractivity contribution in [1.82, 2.24) is 0 Å². The van der Waals surface area contributed by atoms with E-state index in [2.05, 4.69) is 52.0 Å². The maximum Gasteiger partial charge on any atom is 2.00 e. The molecule has 0 saturated carbocycles. The average Bonchev–Trinajstić information content (AvgIpc) is 0.799. The molecule has 0 heterocycles. The summed E-state index contributed by atoms with van der Waals surface area (Å²) in [4.78, 5) is -0.200. The molecule has 0 bridgehead atoms. The summed E-state index contributed by atoms with van der Waals surface area (Å²) in [7, 11) is -8.94. The third-order valence-electron chi connectivity index (χ3n) is 21.1. The van der Waals surface area contributed by atoms with Gasteiger partial charge < -0.3 is 9.11 Å². The van der Waals surface area contributed by atoms with Crippen LogP contribution in [0.3, 0.4) is 0 Å². The maximum atomic E-state index is 11.9. The maximum absolute atomic E-state index is 11.9. The van der Waals surface area contributed by atoms with Crippen molar-refractivity contribution in [2.75, 3.05) is 0 Å². The Bertz CT molecular complexity index is 2500. The van der Waals surface area contributed by atoms with Crippen LogP contribution in [0.2, 0.25) is 0 Å². The summed E-state index contributed by atoms with van der Waals surface area (Å²) in [5, 5.41) is 4.02. The van der Waals surface area contributed by atoms with Crippen LogP contribution in [-0.4, -0.2) is 74.8 Å². The summed E-state index contributed by atoms with van der Waals surface area (Å²) in [5.41, 5.74) is 5.25. The van der Waals surface area contributed by atoms with Crippen molar-refractivity contribution in [3.63, 3.8) is 0 Å². The van der Waals surface area contributed by atoms with Gasteiger partial charge in [0.15, 0.2) is 0 Å². The number of aryl methyl sites for hydroxylation is 4. The second-order valence-corrected chi connectivity index (χ2v) is 32.6. The second kappa shape index (κ2) is 63.3. The van der Waals surface area contributed by atoms with Crippen molar-refractivity contribution in [3.8, 4) is 0 Å². The van der Waals surface area contributed by atoms with Crippen LogP contribution >= 0.6 is 0 Å². The number of fused-ring (bicyclic) bond motifs is 2. The van der Waals surface area contributed by atoms with Crippen LogP contribution in [0, 0.1) is 0 Å². The van der Waals surface area contributed by atoms with Crippen LogP contribution in [0.5, 0.6) is 0 Å². The van der Waals surface area contributed by atoms with Crippen LogP contribution in [0.4, 0.5) is 0 Å². The van der Waals surface area contributed by atoms with Crippen molar-refractivity contribution in [2.24, 2.45) is 0 Å². The smallest absolute Gasteiger partial charge is 0.744 e. The van der Waals surface area contributed by atoms with Crippen molar-refractivity contribution in [1.29, 1.82) is 0 Å². The summed E-state index contributed by atoms with van der Waals surface area (Å²) in [5.74, 6) is 0. The predicted molar refractivity (Wildman–Crippen MR) is 424 cm³/mol. The molecule has 0 aliphatic heterocycles. The van der Waals surface area contributed by atoms with E-state index in [1.54, 1.807) is 12.1 Å². The van der Waals surface area contributed by atoms with Gasteiger partial charge in [-0.2, -0.15) is 0 Å². The zero-order chi connectivity index (χ0) is 69.1. The fraction of sp³-hybridized carbons (Fsp3) is 0.773. The summed E-state index contributed by atoms with van der Waals surface area (Å²) >= 11 is 0. The number of unbranched alkanes of at least 4 members (excludes halogenated alkanes) is 56. The van der Waals surface area contributed by atoms with Crippen LogP contribution in [0.1, 0.15) is 435 Å². The molecule has 6 nitrogen and oxygen atoms in total. The quantitative estimate of drug-likeness (QED) is 0.0247. The minimum absolute atomic E-state index is 0. The van der Waals surface area contributed by atoms with Crippen molar-refractivity contribution in [3.05, 3.63) is 82.9 Å². The van der Waals surface area contributed by atoms with E-state index < -0.39 is 20.2 Å². The summed E-state index contributed by atoms with van der Waals surface area (Å²) in [6.07, 6.45) is 85.5. The van der Waals surface area contributed by atoms with E-state index in [4.69, 9.17) is 0 Å².